The van der Waals surface area contributed by atoms with E-state index in [9.17, 15) is 0 Å². The van der Waals surface area contributed by atoms with Crippen molar-refractivity contribution in [2.75, 3.05) is 12.4 Å². The summed E-state index contributed by atoms with van der Waals surface area (Å²) in [4.78, 5) is 0. The highest BCUT2D eigenvalue weighted by Gasteiger charge is 2.34. The number of nitrogens with zero attached hydrogens (tertiary/aromatic N) is 4. The topological polar surface area (TPSA) is 64.9 Å². The van der Waals surface area contributed by atoms with Crippen molar-refractivity contribution in [1.29, 1.82) is 0 Å². The van der Waals surface area contributed by atoms with Gasteiger partial charge in [-0.1, -0.05) is 72.8 Å². The van der Waals surface area contributed by atoms with Crippen molar-refractivity contribution in [2.45, 2.75) is 12.1 Å². The Hall–Kier alpha value is -4.52. The molecular weight excluding hydrogens is 441 g/mol. The molecule has 1 N–H and O–H groups in total. The fourth-order valence-corrected chi connectivity index (χ4v) is 4.84. The van der Waals surface area contributed by atoms with Crippen LogP contribution in [-0.4, -0.2) is 27.3 Å². The molecule has 35 heavy (non-hydrogen) atoms. The van der Waals surface area contributed by atoms with Gasteiger partial charge in [0, 0.05) is 17.3 Å². The molecule has 6 nitrogen and oxygen atoms in total. The molecule has 4 aromatic carbocycles. The molecule has 172 valence electrons. The van der Waals surface area contributed by atoms with Gasteiger partial charge in [0.25, 0.3) is 0 Å². The molecular formula is C28H22FN5O. The molecule has 1 aromatic heterocycles. The summed E-state index contributed by atoms with van der Waals surface area (Å²) in [5.74, 6) is 0.865. The molecule has 0 fully saturated rings. The van der Waals surface area contributed by atoms with Crippen LogP contribution in [0.1, 0.15) is 34.6 Å². The number of hydrogen-bond acceptors (Lipinski definition) is 5. The van der Waals surface area contributed by atoms with Gasteiger partial charge in [0.15, 0.2) is 5.82 Å². The van der Waals surface area contributed by atoms with E-state index in [0.717, 1.165) is 27.9 Å². The maximum Gasteiger partial charge on any atom is 0.179 e. The monoisotopic (exact) mass is 463 g/mol. The van der Waals surface area contributed by atoms with Crippen molar-refractivity contribution in [3.05, 3.63) is 125 Å². The Balaban J connectivity index is 1.51. The number of tetrazole rings is 1. The van der Waals surface area contributed by atoms with Crippen molar-refractivity contribution >= 4 is 5.69 Å². The first kappa shape index (κ1) is 21.0. The standard InChI is InChI=1S/C28H22FN5O/c1-35-19-10-8-9-18(17-19)30-26(24-15-6-7-16-25(24)29)28-31-32-33-34(28)27-22-13-4-2-11-20(22)21-12-3-5-14-23(21)27/h2-17,26-27,30H,1H3. The van der Waals surface area contributed by atoms with Gasteiger partial charge in [-0.15, -0.1) is 5.10 Å². The maximum absolute atomic E-state index is 15.1. The molecule has 0 aliphatic heterocycles. The fourth-order valence-electron chi connectivity index (χ4n) is 4.84. The lowest BCUT2D eigenvalue weighted by molar-refractivity contribution is 0.415. The molecule has 5 aromatic rings. The molecule has 6 rings (SSSR count). The summed E-state index contributed by atoms with van der Waals surface area (Å²) >= 11 is 0. The number of aromatic nitrogens is 4. The largest absolute Gasteiger partial charge is 0.497 e. The van der Waals surface area contributed by atoms with Crippen molar-refractivity contribution in [2.24, 2.45) is 0 Å². The van der Waals surface area contributed by atoms with Crippen LogP contribution in [0.2, 0.25) is 0 Å². The number of rotatable bonds is 6. The second-order valence-corrected chi connectivity index (χ2v) is 8.39. The molecule has 1 heterocycles. The third-order valence-corrected chi connectivity index (χ3v) is 6.42. The van der Waals surface area contributed by atoms with Crippen LogP contribution in [0.15, 0.2) is 97.1 Å². The van der Waals surface area contributed by atoms with E-state index in [4.69, 9.17) is 4.74 Å². The number of benzene rings is 4. The van der Waals surface area contributed by atoms with Crippen molar-refractivity contribution in [3.8, 4) is 16.9 Å². The Morgan fingerprint density at radius 1 is 0.857 bits per heavy atom. The Morgan fingerprint density at radius 2 is 1.54 bits per heavy atom. The SMILES string of the molecule is COc1cccc(NC(c2ccccc2F)c2nnnn2C2c3ccccc3-c3ccccc32)c1. The predicted octanol–water partition coefficient (Wildman–Crippen LogP) is 5.64. The summed E-state index contributed by atoms with van der Waals surface area (Å²) in [6, 6.07) is 29.9. The van der Waals surface area contributed by atoms with Crippen LogP contribution in [0, 0.1) is 5.82 Å². The lowest BCUT2D eigenvalue weighted by atomic mass is 10.0. The number of anilines is 1. The number of halogens is 1. The van der Waals surface area contributed by atoms with E-state index in [1.165, 1.54) is 6.07 Å². The number of nitrogens with one attached hydrogen (secondary N) is 1. The molecule has 1 aliphatic carbocycles. The van der Waals surface area contributed by atoms with Gasteiger partial charge in [-0.25, -0.2) is 9.07 Å². The molecule has 0 saturated heterocycles. The minimum atomic E-state index is -0.641. The summed E-state index contributed by atoms with van der Waals surface area (Å²) in [5, 5.41) is 16.3. The zero-order chi connectivity index (χ0) is 23.8. The lowest BCUT2D eigenvalue weighted by Gasteiger charge is -2.23. The van der Waals surface area contributed by atoms with Gasteiger partial charge in [-0.2, -0.15) is 0 Å². The molecule has 0 radical (unpaired) electrons. The maximum atomic E-state index is 15.1. The van der Waals surface area contributed by atoms with Crippen molar-refractivity contribution in [3.63, 3.8) is 0 Å². The van der Waals surface area contributed by atoms with E-state index < -0.39 is 6.04 Å². The van der Waals surface area contributed by atoms with Crippen molar-refractivity contribution in [1.82, 2.24) is 20.2 Å². The average molecular weight is 464 g/mol. The van der Waals surface area contributed by atoms with E-state index >= 15 is 4.39 Å². The summed E-state index contributed by atoms with van der Waals surface area (Å²) in [7, 11) is 1.61. The van der Waals surface area contributed by atoms with Crippen molar-refractivity contribution < 1.29 is 9.13 Å². The van der Waals surface area contributed by atoms with Gasteiger partial charge in [0.2, 0.25) is 0 Å². The second-order valence-electron chi connectivity index (χ2n) is 8.39. The summed E-state index contributed by atoms with van der Waals surface area (Å²) < 4.78 is 22.3. The molecule has 0 spiro atoms. The summed E-state index contributed by atoms with van der Waals surface area (Å²) in [6.07, 6.45) is 0. The van der Waals surface area contributed by atoms with Gasteiger partial charge >= 0.3 is 0 Å². The van der Waals surface area contributed by atoms with E-state index in [1.54, 1.807) is 23.9 Å². The minimum Gasteiger partial charge on any atom is -0.497 e. The molecule has 0 saturated carbocycles. The number of fused-ring (bicyclic) bond motifs is 3. The van der Waals surface area contributed by atoms with Crippen LogP contribution in [0.5, 0.6) is 5.75 Å². The highest BCUT2D eigenvalue weighted by molar-refractivity contribution is 5.78. The van der Waals surface area contributed by atoms with Crippen LogP contribution in [0.4, 0.5) is 10.1 Å². The van der Waals surface area contributed by atoms with Gasteiger partial charge in [0.1, 0.15) is 23.7 Å². The normalized spacial score (nSPS) is 13.2. The Morgan fingerprint density at radius 3 is 2.26 bits per heavy atom. The number of ether oxygens (including phenoxy) is 1. The van der Waals surface area contributed by atoms with Crippen LogP contribution in [0.3, 0.4) is 0 Å². The van der Waals surface area contributed by atoms with Gasteiger partial charge in [0.05, 0.1) is 7.11 Å². The second kappa shape index (κ2) is 8.68. The first-order chi connectivity index (χ1) is 17.2. The minimum absolute atomic E-state index is 0.228. The highest BCUT2D eigenvalue weighted by Crippen LogP contribution is 2.46. The quantitative estimate of drug-likeness (QED) is 0.346. The van der Waals surface area contributed by atoms with Gasteiger partial charge < -0.3 is 10.1 Å². The average Bonchev–Trinajstić information content (AvgIpc) is 3.50. The molecule has 0 amide bonds. The molecule has 1 atom stereocenters. The van der Waals surface area contributed by atoms with Crippen LogP contribution in [-0.2, 0) is 0 Å². The lowest BCUT2D eigenvalue weighted by Crippen LogP contribution is -2.23. The summed E-state index contributed by atoms with van der Waals surface area (Å²) in [6.45, 7) is 0. The fraction of sp³-hybridized carbons (Fsp3) is 0.107. The van der Waals surface area contributed by atoms with E-state index in [0.29, 0.717) is 17.1 Å². The third-order valence-electron chi connectivity index (χ3n) is 6.42. The predicted molar refractivity (Wildman–Crippen MR) is 132 cm³/mol. The van der Waals surface area contributed by atoms with E-state index in [1.807, 2.05) is 54.6 Å². The zero-order valence-electron chi connectivity index (χ0n) is 19.0. The smallest absolute Gasteiger partial charge is 0.179 e. The Labute approximate surface area is 202 Å². The molecule has 0 bridgehead atoms. The van der Waals surface area contributed by atoms with Crippen LogP contribution >= 0.6 is 0 Å². The highest BCUT2D eigenvalue weighted by atomic mass is 19.1. The Bertz CT molecular complexity index is 1470. The van der Waals surface area contributed by atoms with Crippen LogP contribution < -0.4 is 10.1 Å². The molecule has 7 heteroatoms. The number of hydrogen-bond donors (Lipinski definition) is 1. The van der Waals surface area contributed by atoms with E-state index in [-0.39, 0.29) is 11.9 Å². The van der Waals surface area contributed by atoms with Gasteiger partial charge in [-0.3, -0.25) is 0 Å². The van der Waals surface area contributed by atoms with E-state index in [2.05, 4.69) is 45.1 Å². The zero-order valence-corrected chi connectivity index (χ0v) is 19.0. The third kappa shape index (κ3) is 3.61. The first-order valence-corrected chi connectivity index (χ1v) is 11.4. The molecule has 1 aliphatic rings. The first-order valence-electron chi connectivity index (χ1n) is 11.4. The van der Waals surface area contributed by atoms with Crippen LogP contribution in [0.25, 0.3) is 11.1 Å². The Kier molecular flexibility index (Phi) is 5.22. The van der Waals surface area contributed by atoms with Gasteiger partial charge in [-0.05, 0) is 50.9 Å². The number of methoxy groups -OCH3 is 1. The summed E-state index contributed by atoms with van der Waals surface area (Å²) in [5.41, 5.74) is 5.73. The molecule has 1 unspecified atom stereocenters.